The molecule has 0 aliphatic carbocycles. The number of quaternary nitrogens is 1. The number of anilines is 1. The number of hydrogen-bond acceptors (Lipinski definition) is 7. The normalized spacial score (nSPS) is 18.4. The van der Waals surface area contributed by atoms with E-state index in [2.05, 4.69) is 20.4 Å². The van der Waals surface area contributed by atoms with Crippen LogP contribution in [0.2, 0.25) is 0 Å². The molecule has 3 aromatic rings. The highest BCUT2D eigenvalue weighted by Crippen LogP contribution is 2.27. The summed E-state index contributed by atoms with van der Waals surface area (Å²) >= 11 is 0. The fourth-order valence-corrected chi connectivity index (χ4v) is 3.64. The first-order valence-corrected chi connectivity index (χ1v) is 9.96. The first-order valence-electron chi connectivity index (χ1n) is 9.96. The first-order chi connectivity index (χ1) is 15.0. The van der Waals surface area contributed by atoms with Crippen molar-refractivity contribution in [3.8, 4) is 0 Å². The number of likely N-dealkylation sites (N-methyl/N-ethyl adjacent to an activating group) is 1. The van der Waals surface area contributed by atoms with Gasteiger partial charge >= 0.3 is 5.91 Å². The quantitative estimate of drug-likeness (QED) is 0.588. The van der Waals surface area contributed by atoms with E-state index in [0.717, 1.165) is 16.3 Å². The van der Waals surface area contributed by atoms with Gasteiger partial charge < -0.3 is 15.2 Å². The smallest absolute Gasteiger partial charge is 0.388 e. The summed E-state index contributed by atoms with van der Waals surface area (Å²) in [7, 11) is 0. The minimum absolute atomic E-state index is 0.143. The number of benzene rings is 1. The van der Waals surface area contributed by atoms with Crippen LogP contribution < -0.4 is 10.4 Å². The van der Waals surface area contributed by atoms with Crippen molar-refractivity contribution in [2.75, 3.05) is 18.4 Å². The molecule has 8 nitrogen and oxygen atoms in total. The molecule has 0 bridgehead atoms. The average molecular weight is 415 g/mol. The van der Waals surface area contributed by atoms with Gasteiger partial charge in [0.1, 0.15) is 24.5 Å². The second kappa shape index (κ2) is 8.45. The maximum absolute atomic E-state index is 13.5. The van der Waals surface area contributed by atoms with E-state index in [1.54, 1.807) is 24.8 Å². The van der Waals surface area contributed by atoms with Crippen molar-refractivity contribution < 1.29 is 19.3 Å². The molecule has 1 aromatic carbocycles. The number of carboxylic acids is 1. The van der Waals surface area contributed by atoms with Crippen LogP contribution in [0.15, 0.2) is 78.1 Å². The number of nitrogens with zero attached hydrogens (tertiary/aromatic N) is 4. The minimum Gasteiger partial charge on any atom is -0.543 e. The summed E-state index contributed by atoms with van der Waals surface area (Å²) in [5.41, 5.74) is 1.47. The van der Waals surface area contributed by atoms with E-state index >= 15 is 0 Å². The molecule has 3 heterocycles. The van der Waals surface area contributed by atoms with Gasteiger partial charge in [0.15, 0.2) is 0 Å². The number of carbonyl (C=O) groups excluding carboxylic acids is 2. The molecule has 0 saturated heterocycles. The molecule has 0 spiro atoms. The number of amides is 1. The van der Waals surface area contributed by atoms with E-state index in [4.69, 9.17) is 0 Å². The van der Waals surface area contributed by atoms with E-state index in [-0.39, 0.29) is 21.9 Å². The van der Waals surface area contributed by atoms with Crippen molar-refractivity contribution in [2.24, 2.45) is 5.10 Å². The van der Waals surface area contributed by atoms with Gasteiger partial charge in [0.25, 0.3) is 0 Å². The number of pyridine rings is 2. The lowest BCUT2D eigenvalue weighted by atomic mass is 10.1. The molecule has 1 aliphatic heterocycles. The van der Waals surface area contributed by atoms with Crippen molar-refractivity contribution in [3.05, 3.63) is 78.5 Å². The third kappa shape index (κ3) is 4.06. The highest BCUT2D eigenvalue weighted by molar-refractivity contribution is 6.40. The molecule has 4 rings (SSSR count). The SMILES string of the molecule is CC[N+]1(CCc2ccncc2)N=C(C(=O)[O-])C=C(Nc2cncc3ccccc23)C1=O. The highest BCUT2D eigenvalue weighted by Gasteiger charge is 2.42. The number of nitrogens with one attached hydrogen (secondary N) is 1. The third-order valence-electron chi connectivity index (χ3n) is 5.38. The lowest BCUT2D eigenvalue weighted by Crippen LogP contribution is -2.55. The van der Waals surface area contributed by atoms with Crippen LogP contribution in [0.5, 0.6) is 0 Å². The van der Waals surface area contributed by atoms with Gasteiger partial charge in [0, 0.05) is 41.9 Å². The van der Waals surface area contributed by atoms with E-state index in [0.29, 0.717) is 25.2 Å². The number of fused-ring (bicyclic) bond motifs is 1. The van der Waals surface area contributed by atoms with Crippen LogP contribution in [-0.4, -0.2) is 45.2 Å². The maximum atomic E-state index is 13.5. The van der Waals surface area contributed by atoms with Crippen molar-refractivity contribution in [1.29, 1.82) is 0 Å². The van der Waals surface area contributed by atoms with E-state index in [1.807, 2.05) is 43.3 Å². The third-order valence-corrected chi connectivity index (χ3v) is 5.38. The monoisotopic (exact) mass is 415 g/mol. The van der Waals surface area contributed by atoms with Crippen LogP contribution in [0, 0.1) is 0 Å². The Hall–Kier alpha value is -3.91. The van der Waals surface area contributed by atoms with Gasteiger partial charge in [0.2, 0.25) is 0 Å². The van der Waals surface area contributed by atoms with Crippen LogP contribution in [0.25, 0.3) is 10.8 Å². The number of carboxylic acid groups (broad SMARTS) is 1. The van der Waals surface area contributed by atoms with E-state index in [1.165, 1.54) is 6.08 Å². The zero-order valence-electron chi connectivity index (χ0n) is 17.0. The molecule has 0 radical (unpaired) electrons. The summed E-state index contributed by atoms with van der Waals surface area (Å²) in [6.07, 6.45) is 8.47. The Labute approximate surface area is 179 Å². The summed E-state index contributed by atoms with van der Waals surface area (Å²) < 4.78 is -0.372. The lowest BCUT2D eigenvalue weighted by molar-refractivity contribution is -0.857. The Morgan fingerprint density at radius 1 is 1.10 bits per heavy atom. The molecule has 31 heavy (non-hydrogen) atoms. The standard InChI is InChI=1S/C23H21N5O3/c1-2-28(12-9-16-7-10-24-11-8-16)22(29)19(13-20(27-28)23(30)31)26-21-15-25-14-17-5-3-4-6-18(17)21/h3-8,10-11,13-15H,2,9,12H2,1H3,(H-,26,27,30,31). The topological polar surface area (TPSA) is 107 Å². The molecule has 1 aliphatic rings. The molecular weight excluding hydrogens is 394 g/mol. The summed E-state index contributed by atoms with van der Waals surface area (Å²) in [6, 6.07) is 11.3. The van der Waals surface area contributed by atoms with E-state index < -0.39 is 5.97 Å². The van der Waals surface area contributed by atoms with Crippen LogP contribution >= 0.6 is 0 Å². The molecule has 1 unspecified atom stereocenters. The van der Waals surface area contributed by atoms with Gasteiger partial charge in [-0.25, -0.2) is 4.79 Å². The van der Waals surface area contributed by atoms with Crippen LogP contribution in [0.4, 0.5) is 5.69 Å². The summed E-state index contributed by atoms with van der Waals surface area (Å²) in [5.74, 6) is -1.74. The molecule has 2 aromatic heterocycles. The lowest BCUT2D eigenvalue weighted by Gasteiger charge is -2.32. The van der Waals surface area contributed by atoms with Gasteiger partial charge in [-0.2, -0.15) is 0 Å². The van der Waals surface area contributed by atoms with Crippen LogP contribution in [0.3, 0.4) is 0 Å². The van der Waals surface area contributed by atoms with Gasteiger partial charge in [-0.15, -0.1) is 4.59 Å². The summed E-state index contributed by atoms with van der Waals surface area (Å²) in [6.45, 7) is 2.42. The molecule has 156 valence electrons. The average Bonchev–Trinajstić information content (AvgIpc) is 2.80. The maximum Gasteiger partial charge on any atom is 0.388 e. The number of hydrogen-bond donors (Lipinski definition) is 1. The van der Waals surface area contributed by atoms with Crippen molar-refractivity contribution >= 4 is 34.0 Å². The largest absolute Gasteiger partial charge is 0.543 e. The Morgan fingerprint density at radius 2 is 1.87 bits per heavy atom. The summed E-state index contributed by atoms with van der Waals surface area (Å²) in [5, 5.41) is 20.8. The molecular formula is C23H21N5O3. The van der Waals surface area contributed by atoms with E-state index in [9.17, 15) is 14.7 Å². The zero-order valence-corrected chi connectivity index (χ0v) is 17.0. The Bertz CT molecular complexity index is 1200. The van der Waals surface area contributed by atoms with Gasteiger partial charge in [-0.1, -0.05) is 29.4 Å². The number of aliphatic carboxylic acids is 1. The second-order valence-electron chi connectivity index (χ2n) is 7.24. The van der Waals surface area contributed by atoms with Gasteiger partial charge in [-0.3, -0.25) is 9.97 Å². The molecule has 0 saturated carbocycles. The fraction of sp³-hybridized carbons (Fsp3) is 0.174. The van der Waals surface area contributed by atoms with Gasteiger partial charge in [0.05, 0.1) is 17.9 Å². The molecule has 1 atom stereocenters. The summed E-state index contributed by atoms with van der Waals surface area (Å²) in [4.78, 5) is 33.4. The second-order valence-corrected chi connectivity index (χ2v) is 7.24. The van der Waals surface area contributed by atoms with Crippen molar-refractivity contribution in [2.45, 2.75) is 13.3 Å². The number of rotatable bonds is 7. The molecule has 8 heteroatoms. The first kappa shape index (κ1) is 20.4. The van der Waals surface area contributed by atoms with Crippen molar-refractivity contribution in [3.63, 3.8) is 0 Å². The van der Waals surface area contributed by atoms with Crippen LogP contribution in [0.1, 0.15) is 12.5 Å². The Kier molecular flexibility index (Phi) is 5.55. The Balaban J connectivity index is 1.70. The Morgan fingerprint density at radius 3 is 2.61 bits per heavy atom. The number of aromatic nitrogens is 2. The highest BCUT2D eigenvalue weighted by atomic mass is 16.4. The number of carbonyl (C=O) groups is 2. The minimum atomic E-state index is -1.43. The van der Waals surface area contributed by atoms with Crippen molar-refractivity contribution in [1.82, 2.24) is 9.97 Å². The molecule has 1 N–H and O–H groups in total. The molecule has 1 amide bonds. The zero-order chi connectivity index (χ0) is 21.8. The predicted molar refractivity (Wildman–Crippen MR) is 115 cm³/mol. The fourth-order valence-electron chi connectivity index (χ4n) is 3.64. The predicted octanol–water partition coefficient (Wildman–Crippen LogP) is 1.65. The molecule has 0 fully saturated rings. The van der Waals surface area contributed by atoms with Gasteiger partial charge in [-0.05, 0) is 24.6 Å². The van der Waals surface area contributed by atoms with Crippen LogP contribution in [-0.2, 0) is 16.0 Å².